The van der Waals surface area contributed by atoms with Crippen LogP contribution in [0.2, 0.25) is 0 Å². The van der Waals surface area contributed by atoms with Crippen molar-refractivity contribution in [3.8, 4) is 0 Å². The lowest BCUT2D eigenvalue weighted by molar-refractivity contribution is -0.137. The van der Waals surface area contributed by atoms with Crippen molar-refractivity contribution in [2.24, 2.45) is 0 Å². The molecule has 0 radical (unpaired) electrons. The van der Waals surface area contributed by atoms with Crippen molar-refractivity contribution in [3.63, 3.8) is 0 Å². The van der Waals surface area contributed by atoms with Crippen LogP contribution in [0.4, 0.5) is 0 Å². The van der Waals surface area contributed by atoms with Gasteiger partial charge in [-0.05, 0) is 18.9 Å². The van der Waals surface area contributed by atoms with Crippen LogP contribution in [0.3, 0.4) is 0 Å². The van der Waals surface area contributed by atoms with E-state index in [4.69, 9.17) is 5.11 Å². The zero-order valence-corrected chi connectivity index (χ0v) is 9.11. The number of hydrogen-bond acceptors (Lipinski definition) is 2. The molecular weight excluding hydrogens is 210 g/mol. The fourth-order valence-corrected chi connectivity index (χ4v) is 1.47. The van der Waals surface area contributed by atoms with E-state index in [9.17, 15) is 9.59 Å². The van der Waals surface area contributed by atoms with Crippen LogP contribution in [0.25, 0.3) is 0 Å². The molecule has 90 valence electrons. The van der Waals surface area contributed by atoms with Gasteiger partial charge in [0.15, 0.2) is 0 Å². The van der Waals surface area contributed by atoms with Crippen molar-refractivity contribution in [1.82, 2.24) is 4.90 Å². The molecule has 0 aromatic carbocycles. The normalized spacial score (nSPS) is 14.1. The van der Waals surface area contributed by atoms with E-state index in [0.717, 1.165) is 18.5 Å². The first kappa shape index (κ1) is 14.4. The number of aliphatic carboxylic acids is 1. The summed E-state index contributed by atoms with van der Waals surface area (Å²) in [5, 5.41) is 8.42. The first-order valence-corrected chi connectivity index (χ1v) is 5.01. The Morgan fingerprint density at radius 2 is 2.00 bits per heavy atom. The van der Waals surface area contributed by atoms with Gasteiger partial charge in [-0.1, -0.05) is 13.0 Å². The summed E-state index contributed by atoms with van der Waals surface area (Å²) in [6.07, 6.45) is 5.70. The molecule has 0 fully saturated rings. The number of amides is 1. The molecule has 1 amide bonds. The van der Waals surface area contributed by atoms with Crippen molar-refractivity contribution < 1.29 is 20.2 Å². The van der Waals surface area contributed by atoms with E-state index in [1.165, 1.54) is 6.08 Å². The minimum atomic E-state index is -0.765. The van der Waals surface area contributed by atoms with Crippen molar-refractivity contribution >= 4 is 11.9 Å². The van der Waals surface area contributed by atoms with Crippen LogP contribution in [-0.2, 0) is 9.59 Å². The molecule has 5 nitrogen and oxygen atoms in total. The summed E-state index contributed by atoms with van der Waals surface area (Å²) in [5.41, 5.74) is 0.721. The van der Waals surface area contributed by atoms with Gasteiger partial charge in [-0.3, -0.25) is 9.59 Å². The Hall–Kier alpha value is -1.62. The third kappa shape index (κ3) is 4.27. The van der Waals surface area contributed by atoms with Crippen LogP contribution in [0.15, 0.2) is 24.4 Å². The van der Waals surface area contributed by atoms with E-state index < -0.39 is 5.97 Å². The van der Waals surface area contributed by atoms with Gasteiger partial charge < -0.3 is 15.5 Å². The van der Waals surface area contributed by atoms with Crippen molar-refractivity contribution in [3.05, 3.63) is 24.4 Å². The third-order valence-corrected chi connectivity index (χ3v) is 2.30. The van der Waals surface area contributed by atoms with Gasteiger partial charge in [-0.25, -0.2) is 0 Å². The lowest BCUT2D eigenvalue weighted by atomic mass is 10.2. The smallest absolute Gasteiger partial charge is 0.303 e. The van der Waals surface area contributed by atoms with Gasteiger partial charge in [0.05, 0.1) is 0 Å². The number of carboxylic acids is 1. The Kier molecular flexibility index (Phi) is 6.10. The maximum Gasteiger partial charge on any atom is 0.303 e. The largest absolute Gasteiger partial charge is 0.481 e. The zero-order chi connectivity index (χ0) is 11.3. The summed E-state index contributed by atoms with van der Waals surface area (Å²) >= 11 is 0. The van der Waals surface area contributed by atoms with Crippen LogP contribution in [0.1, 0.15) is 25.7 Å². The molecule has 0 spiro atoms. The summed E-state index contributed by atoms with van der Waals surface area (Å²) in [6.45, 7) is 4.37. The molecule has 0 bridgehead atoms. The number of carboxylic acid groups (broad SMARTS) is 1. The molecule has 1 heterocycles. The first-order chi connectivity index (χ1) is 7.11. The molecule has 0 aliphatic carbocycles. The van der Waals surface area contributed by atoms with Gasteiger partial charge in [0, 0.05) is 24.7 Å². The van der Waals surface area contributed by atoms with Crippen LogP contribution in [-0.4, -0.2) is 33.9 Å². The average Bonchev–Trinajstić information content (AvgIpc) is 2.47. The summed E-state index contributed by atoms with van der Waals surface area (Å²) < 4.78 is 0. The fraction of sp³-hybridized carbons (Fsp3) is 0.455. The number of carbonyl (C=O) groups is 2. The fourth-order valence-electron chi connectivity index (χ4n) is 1.47. The molecule has 16 heavy (non-hydrogen) atoms. The van der Waals surface area contributed by atoms with Crippen LogP contribution in [0.5, 0.6) is 0 Å². The van der Waals surface area contributed by atoms with Crippen LogP contribution < -0.4 is 0 Å². The molecule has 0 atom stereocenters. The SMILES string of the molecule is C=C1C=CC(=O)N1CCCCCC(=O)O.O. The predicted octanol–water partition coefficient (Wildman–Crippen LogP) is 0.719. The first-order valence-electron chi connectivity index (χ1n) is 5.01. The highest BCUT2D eigenvalue weighted by molar-refractivity contribution is 5.92. The van der Waals surface area contributed by atoms with E-state index in [0.29, 0.717) is 13.0 Å². The summed E-state index contributed by atoms with van der Waals surface area (Å²) in [7, 11) is 0. The number of rotatable bonds is 6. The average molecular weight is 227 g/mol. The third-order valence-electron chi connectivity index (χ3n) is 2.30. The highest BCUT2D eigenvalue weighted by atomic mass is 16.4. The van der Waals surface area contributed by atoms with Gasteiger partial charge in [-0.15, -0.1) is 0 Å². The van der Waals surface area contributed by atoms with E-state index >= 15 is 0 Å². The monoisotopic (exact) mass is 227 g/mol. The second-order valence-electron chi connectivity index (χ2n) is 3.52. The summed E-state index contributed by atoms with van der Waals surface area (Å²) in [6, 6.07) is 0. The Labute approximate surface area is 94.4 Å². The Balaban J connectivity index is 0.00000225. The van der Waals surface area contributed by atoms with Crippen molar-refractivity contribution in [1.29, 1.82) is 0 Å². The Morgan fingerprint density at radius 3 is 2.50 bits per heavy atom. The summed E-state index contributed by atoms with van der Waals surface area (Å²) in [4.78, 5) is 23.1. The molecular formula is C11H17NO4. The number of allylic oxidation sites excluding steroid dienone is 1. The van der Waals surface area contributed by atoms with Crippen LogP contribution in [0, 0.1) is 0 Å². The molecule has 5 heteroatoms. The zero-order valence-electron chi connectivity index (χ0n) is 9.11. The minimum absolute atomic E-state index is 0. The molecule has 1 rings (SSSR count). The number of hydrogen-bond donors (Lipinski definition) is 1. The van der Waals surface area contributed by atoms with E-state index in [1.54, 1.807) is 11.0 Å². The minimum Gasteiger partial charge on any atom is -0.481 e. The lowest BCUT2D eigenvalue weighted by Crippen LogP contribution is -2.24. The van der Waals surface area contributed by atoms with E-state index in [2.05, 4.69) is 6.58 Å². The van der Waals surface area contributed by atoms with Gasteiger partial charge in [0.1, 0.15) is 0 Å². The standard InChI is InChI=1S/C11H15NO3.H2O/c1-9-6-7-10(13)12(9)8-4-2-3-5-11(14)15;/h6-7H,1-5,8H2,(H,14,15);1H2. The van der Waals surface area contributed by atoms with Crippen LogP contribution >= 0.6 is 0 Å². The van der Waals surface area contributed by atoms with Crippen molar-refractivity contribution in [2.45, 2.75) is 25.7 Å². The maximum absolute atomic E-state index is 11.2. The molecule has 1 aliphatic heterocycles. The highest BCUT2D eigenvalue weighted by Crippen LogP contribution is 2.14. The molecule has 0 saturated heterocycles. The molecule has 3 N–H and O–H groups in total. The quantitative estimate of drug-likeness (QED) is 0.678. The molecule has 0 aromatic heterocycles. The molecule has 1 aliphatic rings. The Morgan fingerprint density at radius 1 is 1.31 bits per heavy atom. The van der Waals surface area contributed by atoms with Gasteiger partial charge in [0.25, 0.3) is 5.91 Å². The second-order valence-corrected chi connectivity index (χ2v) is 3.52. The summed E-state index contributed by atoms with van der Waals surface area (Å²) in [5.74, 6) is -0.795. The molecule has 0 unspecified atom stereocenters. The number of nitrogens with zero attached hydrogens (tertiary/aromatic N) is 1. The van der Waals surface area contributed by atoms with Gasteiger partial charge >= 0.3 is 5.97 Å². The topological polar surface area (TPSA) is 89.1 Å². The number of carbonyl (C=O) groups excluding carboxylic acids is 1. The van der Waals surface area contributed by atoms with Crippen molar-refractivity contribution in [2.75, 3.05) is 6.54 Å². The van der Waals surface area contributed by atoms with Gasteiger partial charge in [0.2, 0.25) is 0 Å². The predicted molar refractivity (Wildman–Crippen MR) is 59.7 cm³/mol. The Bertz CT molecular complexity index is 291. The highest BCUT2D eigenvalue weighted by Gasteiger charge is 2.17. The molecule has 0 saturated carbocycles. The van der Waals surface area contributed by atoms with Gasteiger partial charge in [-0.2, -0.15) is 0 Å². The van der Waals surface area contributed by atoms with E-state index in [1.807, 2.05) is 0 Å². The second kappa shape index (κ2) is 6.79. The van der Waals surface area contributed by atoms with E-state index in [-0.39, 0.29) is 17.8 Å². The lowest BCUT2D eigenvalue weighted by Gasteiger charge is -2.16. The maximum atomic E-state index is 11.2. The molecule has 0 aromatic rings. The number of unbranched alkanes of at least 4 members (excludes halogenated alkanes) is 2.